The Kier molecular flexibility index (Phi) is 3.76. The van der Waals surface area contributed by atoms with Crippen molar-refractivity contribution in [2.24, 2.45) is 5.10 Å². The highest BCUT2D eigenvalue weighted by Gasteiger charge is 2.26. The SMILES string of the molecule is C/C(=N/NC(=O)C(=O)NC1CC1)c1ccc(C)s1. The van der Waals surface area contributed by atoms with Gasteiger partial charge in [0.05, 0.1) is 10.6 Å². The van der Waals surface area contributed by atoms with E-state index in [1.165, 1.54) is 4.88 Å². The second kappa shape index (κ2) is 5.30. The third-order valence-electron chi connectivity index (χ3n) is 2.54. The molecule has 0 atom stereocenters. The van der Waals surface area contributed by atoms with Crippen molar-refractivity contribution in [2.45, 2.75) is 32.7 Å². The molecule has 1 fully saturated rings. The quantitative estimate of drug-likeness (QED) is 0.489. The predicted molar refractivity (Wildman–Crippen MR) is 70.6 cm³/mol. The van der Waals surface area contributed by atoms with Crippen molar-refractivity contribution < 1.29 is 9.59 Å². The molecule has 1 heterocycles. The Bertz CT molecular complexity index is 503. The Morgan fingerprint density at radius 2 is 2.06 bits per heavy atom. The Balaban J connectivity index is 1.88. The van der Waals surface area contributed by atoms with Gasteiger partial charge < -0.3 is 5.32 Å². The van der Waals surface area contributed by atoms with E-state index in [9.17, 15) is 9.59 Å². The number of hydrogen-bond donors (Lipinski definition) is 2. The van der Waals surface area contributed by atoms with Crippen LogP contribution in [0.3, 0.4) is 0 Å². The van der Waals surface area contributed by atoms with E-state index in [-0.39, 0.29) is 6.04 Å². The minimum absolute atomic E-state index is 0.174. The topological polar surface area (TPSA) is 70.6 Å². The minimum atomic E-state index is -0.713. The smallest absolute Gasteiger partial charge is 0.329 e. The van der Waals surface area contributed by atoms with Crippen molar-refractivity contribution in [3.63, 3.8) is 0 Å². The van der Waals surface area contributed by atoms with Gasteiger partial charge in [0.1, 0.15) is 0 Å². The van der Waals surface area contributed by atoms with Gasteiger partial charge in [0.15, 0.2) is 0 Å². The Labute approximate surface area is 109 Å². The van der Waals surface area contributed by atoms with Crippen LogP contribution in [0.5, 0.6) is 0 Å². The first kappa shape index (κ1) is 12.8. The monoisotopic (exact) mass is 265 g/mol. The molecule has 1 saturated carbocycles. The predicted octanol–water partition coefficient (Wildman–Crippen LogP) is 1.18. The molecule has 0 saturated heterocycles. The number of nitrogens with one attached hydrogen (secondary N) is 2. The second-order valence-corrected chi connectivity index (χ2v) is 5.58. The fourth-order valence-corrected chi connectivity index (χ4v) is 2.16. The van der Waals surface area contributed by atoms with Crippen molar-refractivity contribution in [3.05, 3.63) is 21.9 Å². The summed E-state index contributed by atoms with van der Waals surface area (Å²) in [6.45, 7) is 3.80. The molecule has 0 aliphatic heterocycles. The summed E-state index contributed by atoms with van der Waals surface area (Å²) in [5.41, 5.74) is 2.96. The summed E-state index contributed by atoms with van der Waals surface area (Å²) in [5, 5.41) is 6.53. The van der Waals surface area contributed by atoms with E-state index in [0.717, 1.165) is 17.7 Å². The first-order valence-electron chi connectivity index (χ1n) is 5.78. The summed E-state index contributed by atoms with van der Waals surface area (Å²) < 4.78 is 0. The van der Waals surface area contributed by atoms with E-state index in [4.69, 9.17) is 0 Å². The molecular formula is C12H15N3O2S. The van der Waals surface area contributed by atoms with Gasteiger partial charge in [0.25, 0.3) is 0 Å². The van der Waals surface area contributed by atoms with Gasteiger partial charge in [0.2, 0.25) is 0 Å². The van der Waals surface area contributed by atoms with Crippen LogP contribution in [0.25, 0.3) is 0 Å². The summed E-state index contributed by atoms with van der Waals surface area (Å²) in [5.74, 6) is -1.33. The van der Waals surface area contributed by atoms with Crippen LogP contribution in [0.1, 0.15) is 29.5 Å². The molecule has 1 aliphatic carbocycles. The van der Waals surface area contributed by atoms with Crippen LogP contribution in [0.2, 0.25) is 0 Å². The lowest BCUT2D eigenvalue weighted by atomic mass is 10.3. The van der Waals surface area contributed by atoms with Gasteiger partial charge in [-0.15, -0.1) is 11.3 Å². The highest BCUT2D eigenvalue weighted by Crippen LogP contribution is 2.18. The highest BCUT2D eigenvalue weighted by atomic mass is 32.1. The lowest BCUT2D eigenvalue weighted by Gasteiger charge is -2.02. The van der Waals surface area contributed by atoms with Crippen LogP contribution in [-0.4, -0.2) is 23.6 Å². The first-order valence-corrected chi connectivity index (χ1v) is 6.60. The normalized spacial score (nSPS) is 15.3. The van der Waals surface area contributed by atoms with E-state index in [1.54, 1.807) is 18.3 Å². The third-order valence-corrected chi connectivity index (χ3v) is 3.65. The molecule has 0 spiro atoms. The highest BCUT2D eigenvalue weighted by molar-refractivity contribution is 7.14. The molecule has 1 aromatic heterocycles. The molecule has 0 bridgehead atoms. The average molecular weight is 265 g/mol. The van der Waals surface area contributed by atoms with E-state index in [0.29, 0.717) is 5.71 Å². The number of nitrogens with zero attached hydrogens (tertiary/aromatic N) is 1. The summed E-state index contributed by atoms with van der Waals surface area (Å²) in [6.07, 6.45) is 1.91. The standard InChI is InChI=1S/C12H15N3O2S/c1-7-3-6-10(18-7)8(2)14-15-12(17)11(16)13-9-4-5-9/h3,6,9H,4-5H2,1-2H3,(H,13,16)(H,15,17)/b14-8-. The number of carbonyl (C=O) groups excluding carboxylic acids is 2. The summed E-state index contributed by atoms with van der Waals surface area (Å²) >= 11 is 1.59. The van der Waals surface area contributed by atoms with E-state index < -0.39 is 11.8 Å². The van der Waals surface area contributed by atoms with Gasteiger partial charge >= 0.3 is 11.8 Å². The van der Waals surface area contributed by atoms with Crippen LogP contribution >= 0.6 is 11.3 Å². The summed E-state index contributed by atoms with van der Waals surface area (Å²) in [6, 6.07) is 4.10. The lowest BCUT2D eigenvalue weighted by molar-refractivity contribution is -0.139. The largest absolute Gasteiger partial charge is 0.345 e. The van der Waals surface area contributed by atoms with Crippen molar-refractivity contribution in [3.8, 4) is 0 Å². The zero-order chi connectivity index (χ0) is 13.1. The maximum absolute atomic E-state index is 11.4. The molecule has 0 unspecified atom stereocenters. The van der Waals surface area contributed by atoms with E-state index in [1.807, 2.05) is 19.1 Å². The van der Waals surface area contributed by atoms with Gasteiger partial charge in [-0.3, -0.25) is 9.59 Å². The van der Waals surface area contributed by atoms with Crippen LogP contribution in [0, 0.1) is 6.92 Å². The molecule has 1 aromatic rings. The average Bonchev–Trinajstić information content (AvgIpc) is 3.04. The molecule has 0 radical (unpaired) electrons. The third kappa shape index (κ3) is 3.40. The van der Waals surface area contributed by atoms with Gasteiger partial charge in [0, 0.05) is 10.9 Å². The van der Waals surface area contributed by atoms with Crippen molar-refractivity contribution in [2.75, 3.05) is 0 Å². The maximum atomic E-state index is 11.4. The first-order chi connectivity index (χ1) is 8.56. The number of hydrazone groups is 1. The molecule has 5 nitrogen and oxygen atoms in total. The Morgan fingerprint density at radius 3 is 2.61 bits per heavy atom. The Morgan fingerprint density at radius 1 is 1.33 bits per heavy atom. The number of aryl methyl sites for hydroxylation is 1. The molecule has 96 valence electrons. The number of hydrogen-bond acceptors (Lipinski definition) is 4. The maximum Gasteiger partial charge on any atom is 0.329 e. The van der Waals surface area contributed by atoms with Crippen LogP contribution in [-0.2, 0) is 9.59 Å². The van der Waals surface area contributed by atoms with Crippen molar-refractivity contribution >= 4 is 28.9 Å². The van der Waals surface area contributed by atoms with Gasteiger partial charge in [-0.1, -0.05) is 0 Å². The number of thiophene rings is 1. The summed E-state index contributed by atoms with van der Waals surface area (Å²) in [4.78, 5) is 24.9. The molecular weight excluding hydrogens is 250 g/mol. The molecule has 18 heavy (non-hydrogen) atoms. The van der Waals surface area contributed by atoms with Gasteiger partial charge in [-0.2, -0.15) is 5.10 Å². The lowest BCUT2D eigenvalue weighted by Crippen LogP contribution is -2.39. The number of amides is 2. The molecule has 2 rings (SSSR count). The summed E-state index contributed by atoms with van der Waals surface area (Å²) in [7, 11) is 0. The van der Waals surface area contributed by atoms with Gasteiger partial charge in [-0.05, 0) is 38.8 Å². The molecule has 2 amide bonds. The Hall–Kier alpha value is -1.69. The number of rotatable bonds is 3. The molecule has 1 aliphatic rings. The van der Waals surface area contributed by atoms with Gasteiger partial charge in [-0.25, -0.2) is 5.43 Å². The van der Waals surface area contributed by atoms with E-state index in [2.05, 4.69) is 15.8 Å². The van der Waals surface area contributed by atoms with Crippen LogP contribution in [0.4, 0.5) is 0 Å². The zero-order valence-electron chi connectivity index (χ0n) is 10.3. The minimum Gasteiger partial charge on any atom is -0.345 e. The fourth-order valence-electron chi connectivity index (χ4n) is 1.35. The molecule has 6 heteroatoms. The second-order valence-electron chi connectivity index (χ2n) is 4.30. The zero-order valence-corrected chi connectivity index (χ0v) is 11.1. The van der Waals surface area contributed by atoms with E-state index >= 15 is 0 Å². The number of carbonyl (C=O) groups is 2. The van der Waals surface area contributed by atoms with Crippen molar-refractivity contribution in [1.29, 1.82) is 0 Å². The van der Waals surface area contributed by atoms with Crippen LogP contribution in [0.15, 0.2) is 17.2 Å². The van der Waals surface area contributed by atoms with Crippen molar-refractivity contribution in [1.82, 2.24) is 10.7 Å². The van der Waals surface area contributed by atoms with Crippen LogP contribution < -0.4 is 10.7 Å². The molecule has 2 N–H and O–H groups in total. The molecule has 0 aromatic carbocycles. The fraction of sp³-hybridized carbons (Fsp3) is 0.417.